The van der Waals surface area contributed by atoms with Gasteiger partial charge in [0, 0.05) is 12.2 Å². The maximum Gasteiger partial charge on any atom is 0.211 e. The minimum atomic E-state index is 0.641. The van der Waals surface area contributed by atoms with E-state index >= 15 is 0 Å². The molecule has 1 aliphatic rings. The van der Waals surface area contributed by atoms with Crippen LogP contribution in [0.25, 0.3) is 0 Å². The van der Waals surface area contributed by atoms with Crippen LogP contribution in [0.2, 0.25) is 0 Å². The molecule has 3 nitrogen and oxygen atoms in total. The zero-order chi connectivity index (χ0) is 11.8. The first-order valence-electron chi connectivity index (χ1n) is 5.65. The molecule has 0 amide bonds. The van der Waals surface area contributed by atoms with E-state index in [1.165, 1.54) is 22.6 Å². The average molecular weight is 263 g/mol. The summed E-state index contributed by atoms with van der Waals surface area (Å²) in [5.41, 5.74) is 2.66. The smallest absolute Gasteiger partial charge is 0.211 e. The van der Waals surface area contributed by atoms with Crippen molar-refractivity contribution in [1.82, 2.24) is 10.2 Å². The van der Waals surface area contributed by atoms with Crippen molar-refractivity contribution >= 4 is 34.4 Å². The highest BCUT2D eigenvalue weighted by molar-refractivity contribution is 7.73. The van der Waals surface area contributed by atoms with Gasteiger partial charge in [-0.3, -0.25) is 5.10 Å². The Morgan fingerprint density at radius 1 is 1.47 bits per heavy atom. The summed E-state index contributed by atoms with van der Waals surface area (Å²) in [6.07, 6.45) is 1.14. The highest BCUT2D eigenvalue weighted by Crippen LogP contribution is 2.35. The quantitative estimate of drug-likeness (QED) is 0.799. The number of hydrogen-bond donors (Lipinski definition) is 1. The highest BCUT2D eigenvalue weighted by atomic mass is 32.1. The number of anilines is 2. The number of H-pyrrole nitrogens is 1. The van der Waals surface area contributed by atoms with Crippen LogP contribution >= 0.6 is 23.6 Å². The Labute approximate surface area is 109 Å². The Hall–Kier alpha value is -1.20. The molecule has 0 fully saturated rings. The van der Waals surface area contributed by atoms with Crippen molar-refractivity contribution in [1.29, 1.82) is 0 Å². The molecule has 0 saturated carbocycles. The van der Waals surface area contributed by atoms with Crippen molar-refractivity contribution in [2.45, 2.75) is 13.3 Å². The molecule has 1 N–H and O–H groups in total. The van der Waals surface area contributed by atoms with Crippen LogP contribution in [0.15, 0.2) is 24.3 Å². The lowest BCUT2D eigenvalue weighted by Gasteiger charge is -2.32. The van der Waals surface area contributed by atoms with E-state index in [2.05, 4.69) is 46.3 Å². The second kappa shape index (κ2) is 4.23. The number of para-hydroxylation sites is 1. The molecule has 0 bridgehead atoms. The first-order chi connectivity index (χ1) is 8.24. The van der Waals surface area contributed by atoms with E-state index in [0.29, 0.717) is 5.92 Å². The molecule has 3 rings (SSSR count). The summed E-state index contributed by atoms with van der Waals surface area (Å²) in [4.78, 5) is 2.26. The van der Waals surface area contributed by atoms with Gasteiger partial charge in [0.2, 0.25) is 5.13 Å². The van der Waals surface area contributed by atoms with Gasteiger partial charge >= 0.3 is 0 Å². The van der Waals surface area contributed by atoms with Crippen molar-refractivity contribution in [3.63, 3.8) is 0 Å². The Morgan fingerprint density at radius 3 is 3.06 bits per heavy atom. The predicted octanol–water partition coefficient (Wildman–Crippen LogP) is 3.53. The van der Waals surface area contributed by atoms with Crippen molar-refractivity contribution in [3.8, 4) is 0 Å². The maximum atomic E-state index is 5.10. The number of aromatic nitrogens is 2. The molecule has 5 heteroatoms. The van der Waals surface area contributed by atoms with Crippen LogP contribution in [-0.2, 0) is 6.42 Å². The van der Waals surface area contributed by atoms with Crippen molar-refractivity contribution in [2.75, 3.05) is 11.4 Å². The minimum absolute atomic E-state index is 0.641. The molecule has 0 aliphatic carbocycles. The van der Waals surface area contributed by atoms with Crippen LogP contribution in [0.1, 0.15) is 12.5 Å². The van der Waals surface area contributed by atoms with Gasteiger partial charge in [-0.25, -0.2) is 0 Å². The van der Waals surface area contributed by atoms with Gasteiger partial charge in [0.25, 0.3) is 0 Å². The van der Waals surface area contributed by atoms with Crippen LogP contribution in [-0.4, -0.2) is 16.7 Å². The standard InChI is InChI=1S/C12H13N3S2/c1-8-6-9-4-2-3-5-10(9)15(7-8)11-13-14-12(16)17-11/h2-5,8H,6-7H2,1H3,(H,14,16). The summed E-state index contributed by atoms with van der Waals surface area (Å²) in [5, 5.41) is 8.11. The molecule has 0 spiro atoms. The molecule has 1 aliphatic heterocycles. The summed E-state index contributed by atoms with van der Waals surface area (Å²) in [7, 11) is 0. The first kappa shape index (κ1) is 10.9. The first-order valence-corrected chi connectivity index (χ1v) is 6.87. The summed E-state index contributed by atoms with van der Waals surface area (Å²) in [6, 6.07) is 8.53. The lowest BCUT2D eigenvalue weighted by Crippen LogP contribution is -2.30. The lowest BCUT2D eigenvalue weighted by molar-refractivity contribution is 0.561. The van der Waals surface area contributed by atoms with E-state index in [1.807, 2.05) is 0 Å². The number of nitrogens with zero attached hydrogens (tertiary/aromatic N) is 2. The normalized spacial score (nSPS) is 19.1. The van der Waals surface area contributed by atoms with Crippen molar-refractivity contribution in [3.05, 3.63) is 33.8 Å². The predicted molar refractivity (Wildman–Crippen MR) is 73.6 cm³/mol. The van der Waals surface area contributed by atoms with Crippen LogP contribution in [0.3, 0.4) is 0 Å². The van der Waals surface area contributed by atoms with E-state index in [-0.39, 0.29) is 0 Å². The molecule has 2 heterocycles. The van der Waals surface area contributed by atoms with Gasteiger partial charge < -0.3 is 4.90 Å². The van der Waals surface area contributed by atoms with Gasteiger partial charge in [-0.05, 0) is 36.2 Å². The molecule has 1 atom stereocenters. The highest BCUT2D eigenvalue weighted by Gasteiger charge is 2.24. The molecule has 17 heavy (non-hydrogen) atoms. The van der Waals surface area contributed by atoms with Gasteiger partial charge in [-0.15, -0.1) is 5.10 Å². The third-order valence-corrected chi connectivity index (χ3v) is 4.11. The van der Waals surface area contributed by atoms with Crippen molar-refractivity contribution in [2.24, 2.45) is 5.92 Å². The van der Waals surface area contributed by atoms with Gasteiger partial charge in [0.15, 0.2) is 3.95 Å². The number of hydrogen-bond acceptors (Lipinski definition) is 4. The monoisotopic (exact) mass is 263 g/mol. The second-order valence-electron chi connectivity index (χ2n) is 4.44. The molecule has 88 valence electrons. The van der Waals surface area contributed by atoms with E-state index in [1.54, 1.807) is 0 Å². The van der Waals surface area contributed by atoms with Gasteiger partial charge in [0.1, 0.15) is 0 Å². The number of nitrogens with one attached hydrogen (secondary N) is 1. The lowest BCUT2D eigenvalue weighted by atomic mass is 9.94. The SMILES string of the molecule is CC1Cc2ccccc2N(c2n[nH]c(=S)s2)C1. The number of benzene rings is 1. The summed E-state index contributed by atoms with van der Waals surface area (Å²) in [6.45, 7) is 3.28. The van der Waals surface area contributed by atoms with Gasteiger partial charge in [0.05, 0.1) is 0 Å². The zero-order valence-electron chi connectivity index (χ0n) is 9.51. The van der Waals surface area contributed by atoms with E-state index in [4.69, 9.17) is 12.2 Å². The minimum Gasteiger partial charge on any atom is -0.316 e. The third kappa shape index (κ3) is 2.00. The van der Waals surface area contributed by atoms with E-state index in [0.717, 1.165) is 22.1 Å². The molecule has 0 radical (unpaired) electrons. The van der Waals surface area contributed by atoms with Crippen LogP contribution in [0, 0.1) is 9.87 Å². The topological polar surface area (TPSA) is 31.9 Å². The molecule has 1 aromatic carbocycles. The molecule has 1 unspecified atom stereocenters. The summed E-state index contributed by atoms with van der Waals surface area (Å²) < 4.78 is 0.732. The Balaban J connectivity index is 2.09. The summed E-state index contributed by atoms with van der Waals surface area (Å²) in [5.74, 6) is 0.641. The average Bonchev–Trinajstić information content (AvgIpc) is 2.74. The molecule has 0 saturated heterocycles. The number of fused-ring (bicyclic) bond motifs is 1. The second-order valence-corrected chi connectivity index (χ2v) is 6.09. The number of rotatable bonds is 1. The Bertz CT molecular complexity index is 587. The van der Waals surface area contributed by atoms with Crippen LogP contribution < -0.4 is 4.90 Å². The zero-order valence-corrected chi connectivity index (χ0v) is 11.1. The molecule has 1 aromatic heterocycles. The fraction of sp³-hybridized carbons (Fsp3) is 0.333. The van der Waals surface area contributed by atoms with Crippen molar-refractivity contribution < 1.29 is 0 Å². The molecular weight excluding hydrogens is 250 g/mol. The fourth-order valence-corrected chi connectivity index (χ4v) is 3.22. The van der Waals surface area contributed by atoms with E-state index < -0.39 is 0 Å². The van der Waals surface area contributed by atoms with Crippen LogP contribution in [0.5, 0.6) is 0 Å². The third-order valence-electron chi connectivity index (χ3n) is 3.00. The molecular formula is C12H13N3S2. The Kier molecular flexibility index (Phi) is 2.72. The molecule has 2 aromatic rings. The fourth-order valence-electron chi connectivity index (χ4n) is 2.32. The van der Waals surface area contributed by atoms with Crippen LogP contribution in [0.4, 0.5) is 10.8 Å². The van der Waals surface area contributed by atoms with Gasteiger partial charge in [-0.1, -0.05) is 36.5 Å². The Morgan fingerprint density at radius 2 is 2.29 bits per heavy atom. The summed E-state index contributed by atoms with van der Waals surface area (Å²) >= 11 is 6.64. The van der Waals surface area contributed by atoms with E-state index in [9.17, 15) is 0 Å². The maximum absolute atomic E-state index is 5.10. The number of aromatic amines is 1. The van der Waals surface area contributed by atoms with Gasteiger partial charge in [-0.2, -0.15) is 0 Å². The largest absolute Gasteiger partial charge is 0.316 e.